The Kier molecular flexibility index (Phi) is 7.41. The standard InChI is InChI=1S/C28H29N5O4/c1-19-14-20(10-11-24(19)36-16-21-6-2-3-12-29-21)32-28-27-23(30-18-31-28)8-4-9-25(27)37-17-22-7-5-13-33(22)26(35)15-34/h2-4,6,8-12,14,18,22,34H,5,7,13,15-17H2,1H3,(H,30,31,32)/t22-/m0/s1. The van der Waals surface area contributed by atoms with E-state index in [0.29, 0.717) is 31.3 Å². The van der Waals surface area contributed by atoms with Gasteiger partial charge in [-0.3, -0.25) is 9.78 Å². The van der Waals surface area contributed by atoms with E-state index in [4.69, 9.17) is 9.47 Å². The summed E-state index contributed by atoms with van der Waals surface area (Å²) < 4.78 is 12.2. The van der Waals surface area contributed by atoms with E-state index in [1.165, 1.54) is 6.33 Å². The third-order valence-electron chi connectivity index (χ3n) is 6.43. The molecule has 3 heterocycles. The van der Waals surface area contributed by atoms with Crippen LogP contribution in [0.5, 0.6) is 11.5 Å². The first kappa shape index (κ1) is 24.5. The SMILES string of the molecule is Cc1cc(Nc2ncnc3cccc(OC[C@@H]4CCCN4C(=O)CO)c23)ccc1OCc1ccccn1. The molecule has 4 aromatic rings. The molecule has 0 aliphatic carbocycles. The number of amides is 1. The molecule has 2 aromatic heterocycles. The number of aliphatic hydroxyl groups excluding tert-OH is 1. The van der Waals surface area contributed by atoms with Gasteiger partial charge in [0.15, 0.2) is 0 Å². The lowest BCUT2D eigenvalue weighted by atomic mass is 10.1. The van der Waals surface area contributed by atoms with Gasteiger partial charge in [-0.2, -0.15) is 0 Å². The van der Waals surface area contributed by atoms with Crippen molar-refractivity contribution in [2.75, 3.05) is 25.1 Å². The van der Waals surface area contributed by atoms with Crippen molar-refractivity contribution >= 4 is 28.3 Å². The Hall–Kier alpha value is -4.24. The number of anilines is 2. The lowest BCUT2D eigenvalue weighted by molar-refractivity contribution is -0.135. The molecule has 0 spiro atoms. The molecule has 1 atom stereocenters. The number of likely N-dealkylation sites (tertiary alicyclic amines) is 1. The number of hydrogen-bond acceptors (Lipinski definition) is 8. The highest BCUT2D eigenvalue weighted by molar-refractivity contribution is 5.95. The molecule has 2 aromatic carbocycles. The first-order valence-electron chi connectivity index (χ1n) is 12.3. The minimum absolute atomic E-state index is 0.0720. The lowest BCUT2D eigenvalue weighted by Gasteiger charge is -2.24. The second-order valence-corrected chi connectivity index (χ2v) is 8.94. The zero-order chi connectivity index (χ0) is 25.6. The van der Waals surface area contributed by atoms with Crippen LogP contribution in [0.4, 0.5) is 11.5 Å². The molecule has 1 aliphatic heterocycles. The fraction of sp³-hybridized carbons (Fsp3) is 0.286. The predicted octanol–water partition coefficient (Wildman–Crippen LogP) is 4.02. The number of carbonyl (C=O) groups excluding carboxylic acids is 1. The van der Waals surface area contributed by atoms with Crippen LogP contribution in [0.15, 0.2) is 67.1 Å². The first-order chi connectivity index (χ1) is 18.1. The molecule has 0 bridgehead atoms. The van der Waals surface area contributed by atoms with Crippen molar-refractivity contribution in [3.63, 3.8) is 0 Å². The van der Waals surface area contributed by atoms with E-state index in [-0.39, 0.29) is 11.9 Å². The topological polar surface area (TPSA) is 110 Å². The molecule has 1 amide bonds. The van der Waals surface area contributed by atoms with Crippen molar-refractivity contribution in [3.05, 3.63) is 78.4 Å². The maximum Gasteiger partial charge on any atom is 0.248 e. The van der Waals surface area contributed by atoms with E-state index < -0.39 is 6.61 Å². The number of nitrogens with zero attached hydrogens (tertiary/aromatic N) is 4. The Labute approximate surface area is 215 Å². The number of aliphatic hydroxyl groups is 1. The first-order valence-corrected chi connectivity index (χ1v) is 12.3. The minimum atomic E-state index is -0.487. The zero-order valence-corrected chi connectivity index (χ0v) is 20.6. The number of aryl methyl sites for hydroxylation is 1. The molecule has 5 rings (SSSR count). The van der Waals surface area contributed by atoms with Gasteiger partial charge in [-0.15, -0.1) is 0 Å². The summed E-state index contributed by atoms with van der Waals surface area (Å²) in [6, 6.07) is 17.2. The smallest absolute Gasteiger partial charge is 0.248 e. The van der Waals surface area contributed by atoms with Crippen LogP contribution < -0.4 is 14.8 Å². The molecule has 37 heavy (non-hydrogen) atoms. The maximum absolute atomic E-state index is 12.0. The summed E-state index contributed by atoms with van der Waals surface area (Å²) in [6.07, 6.45) is 5.00. The molecule has 190 valence electrons. The Balaban J connectivity index is 1.33. The average Bonchev–Trinajstić information content (AvgIpc) is 3.40. The van der Waals surface area contributed by atoms with Crippen LogP contribution in [0.2, 0.25) is 0 Å². The molecule has 0 radical (unpaired) electrons. The number of benzene rings is 2. The number of carbonyl (C=O) groups is 1. The van der Waals surface area contributed by atoms with E-state index in [1.54, 1.807) is 11.1 Å². The molecule has 0 unspecified atom stereocenters. The Bertz CT molecular complexity index is 1380. The summed E-state index contributed by atoms with van der Waals surface area (Å²) in [5, 5.41) is 13.4. The highest BCUT2D eigenvalue weighted by Crippen LogP contribution is 2.33. The molecular formula is C28H29N5O4. The van der Waals surface area contributed by atoms with Gasteiger partial charge in [0, 0.05) is 18.4 Å². The number of fused-ring (bicyclic) bond motifs is 1. The normalized spacial score (nSPS) is 15.1. The van der Waals surface area contributed by atoms with Gasteiger partial charge < -0.3 is 24.8 Å². The predicted molar refractivity (Wildman–Crippen MR) is 140 cm³/mol. The molecule has 1 fully saturated rings. The van der Waals surface area contributed by atoms with Crippen molar-refractivity contribution in [2.45, 2.75) is 32.4 Å². The third-order valence-corrected chi connectivity index (χ3v) is 6.43. The summed E-state index contributed by atoms with van der Waals surface area (Å²) in [7, 11) is 0. The summed E-state index contributed by atoms with van der Waals surface area (Å²) in [6.45, 7) is 2.88. The lowest BCUT2D eigenvalue weighted by Crippen LogP contribution is -2.40. The van der Waals surface area contributed by atoms with Crippen LogP contribution in [0.25, 0.3) is 10.9 Å². The van der Waals surface area contributed by atoms with Gasteiger partial charge in [-0.25, -0.2) is 9.97 Å². The highest BCUT2D eigenvalue weighted by atomic mass is 16.5. The fourth-order valence-corrected chi connectivity index (χ4v) is 4.57. The summed E-state index contributed by atoms with van der Waals surface area (Å²) in [5.41, 5.74) is 3.45. The van der Waals surface area contributed by atoms with Crippen molar-refractivity contribution < 1.29 is 19.4 Å². The summed E-state index contributed by atoms with van der Waals surface area (Å²) >= 11 is 0. The van der Waals surface area contributed by atoms with Crippen molar-refractivity contribution in [1.82, 2.24) is 19.9 Å². The van der Waals surface area contributed by atoms with E-state index in [1.807, 2.05) is 61.5 Å². The number of hydrogen-bond donors (Lipinski definition) is 2. The third kappa shape index (κ3) is 5.62. The van der Waals surface area contributed by atoms with Crippen molar-refractivity contribution in [2.24, 2.45) is 0 Å². The summed E-state index contributed by atoms with van der Waals surface area (Å²) in [5.74, 6) is 1.77. The summed E-state index contributed by atoms with van der Waals surface area (Å²) in [4.78, 5) is 26.9. The van der Waals surface area contributed by atoms with Gasteiger partial charge in [-0.1, -0.05) is 12.1 Å². The van der Waals surface area contributed by atoms with Crippen LogP contribution in [-0.2, 0) is 11.4 Å². The molecule has 1 saturated heterocycles. The monoisotopic (exact) mass is 499 g/mol. The highest BCUT2D eigenvalue weighted by Gasteiger charge is 2.29. The molecule has 1 aliphatic rings. The van der Waals surface area contributed by atoms with Crippen LogP contribution >= 0.6 is 0 Å². The van der Waals surface area contributed by atoms with E-state index in [9.17, 15) is 9.90 Å². The van der Waals surface area contributed by atoms with Crippen molar-refractivity contribution in [1.29, 1.82) is 0 Å². The minimum Gasteiger partial charge on any atom is -0.491 e. The molecule has 9 nitrogen and oxygen atoms in total. The van der Waals surface area contributed by atoms with E-state index in [0.717, 1.165) is 46.4 Å². The van der Waals surface area contributed by atoms with Gasteiger partial charge in [0.25, 0.3) is 0 Å². The van der Waals surface area contributed by atoms with Crippen LogP contribution in [-0.4, -0.2) is 56.7 Å². The van der Waals surface area contributed by atoms with Crippen LogP contribution in [0, 0.1) is 6.92 Å². The number of rotatable bonds is 9. The van der Waals surface area contributed by atoms with E-state index >= 15 is 0 Å². The van der Waals surface area contributed by atoms with Crippen LogP contribution in [0.3, 0.4) is 0 Å². The number of ether oxygens (including phenoxy) is 2. The van der Waals surface area contributed by atoms with Crippen LogP contribution in [0.1, 0.15) is 24.1 Å². The molecule has 9 heteroatoms. The molecule has 2 N–H and O–H groups in total. The van der Waals surface area contributed by atoms with Crippen molar-refractivity contribution in [3.8, 4) is 11.5 Å². The Morgan fingerprint density at radius 3 is 2.81 bits per heavy atom. The largest absolute Gasteiger partial charge is 0.491 e. The molecular weight excluding hydrogens is 470 g/mol. The van der Waals surface area contributed by atoms with Gasteiger partial charge in [-0.05, 0) is 67.8 Å². The van der Waals surface area contributed by atoms with E-state index in [2.05, 4.69) is 20.3 Å². The quantitative estimate of drug-likeness (QED) is 0.355. The fourth-order valence-electron chi connectivity index (χ4n) is 4.57. The van der Waals surface area contributed by atoms with Gasteiger partial charge >= 0.3 is 0 Å². The second-order valence-electron chi connectivity index (χ2n) is 8.94. The molecule has 0 saturated carbocycles. The second kappa shape index (κ2) is 11.2. The number of pyridine rings is 1. The Morgan fingerprint density at radius 2 is 2.00 bits per heavy atom. The maximum atomic E-state index is 12.0. The van der Waals surface area contributed by atoms with Gasteiger partial charge in [0.1, 0.15) is 43.5 Å². The average molecular weight is 500 g/mol. The van der Waals surface area contributed by atoms with Gasteiger partial charge in [0.2, 0.25) is 5.91 Å². The Morgan fingerprint density at radius 1 is 1.08 bits per heavy atom. The zero-order valence-electron chi connectivity index (χ0n) is 20.6. The number of aromatic nitrogens is 3. The van der Waals surface area contributed by atoms with Gasteiger partial charge in [0.05, 0.1) is 22.6 Å². The number of nitrogens with one attached hydrogen (secondary N) is 1.